The van der Waals surface area contributed by atoms with Gasteiger partial charge >= 0.3 is 0 Å². The third kappa shape index (κ3) is 3.98. The maximum absolute atomic E-state index is 11.9. The lowest BCUT2D eigenvalue weighted by atomic mass is 9.97. The van der Waals surface area contributed by atoms with Crippen molar-refractivity contribution in [1.82, 2.24) is 9.80 Å². The monoisotopic (exact) mass is 255 g/mol. The first-order valence-electron chi connectivity index (χ1n) is 6.75. The van der Waals surface area contributed by atoms with Crippen LogP contribution in [0.5, 0.6) is 0 Å². The van der Waals surface area contributed by atoms with Gasteiger partial charge in [0.1, 0.15) is 0 Å². The van der Waals surface area contributed by atoms with Crippen LogP contribution in [0.2, 0.25) is 0 Å². The highest BCUT2D eigenvalue weighted by atomic mass is 16.2. The van der Waals surface area contributed by atoms with Crippen molar-refractivity contribution in [3.8, 4) is 0 Å². The standard InChI is InChI=1S/C13H25N3O2/c1-4-15(11(3)17)8-12-6-5-7-16(9-12)13(18)10(2)14/h10,12H,4-9,14H2,1-3H3/t10-,12-/m0/s1. The first kappa shape index (κ1) is 15.0. The van der Waals surface area contributed by atoms with Crippen molar-refractivity contribution in [2.45, 2.75) is 39.7 Å². The average Bonchev–Trinajstić information content (AvgIpc) is 2.34. The molecule has 0 unspecified atom stereocenters. The molecule has 1 aliphatic rings. The number of carbonyl (C=O) groups excluding carboxylic acids is 2. The average molecular weight is 255 g/mol. The van der Waals surface area contributed by atoms with E-state index in [4.69, 9.17) is 5.73 Å². The maximum Gasteiger partial charge on any atom is 0.239 e. The fourth-order valence-corrected chi connectivity index (χ4v) is 2.49. The van der Waals surface area contributed by atoms with Crippen molar-refractivity contribution in [3.05, 3.63) is 0 Å². The summed E-state index contributed by atoms with van der Waals surface area (Å²) >= 11 is 0. The topological polar surface area (TPSA) is 66.6 Å². The Morgan fingerprint density at radius 2 is 2.17 bits per heavy atom. The Bertz CT molecular complexity index is 305. The normalized spacial score (nSPS) is 21.6. The van der Waals surface area contributed by atoms with Crippen LogP contribution in [0.25, 0.3) is 0 Å². The van der Waals surface area contributed by atoms with E-state index in [1.807, 2.05) is 16.7 Å². The van der Waals surface area contributed by atoms with Crippen molar-refractivity contribution in [3.63, 3.8) is 0 Å². The Labute approximate surface area is 109 Å². The second-order valence-corrected chi connectivity index (χ2v) is 5.14. The molecule has 0 bridgehead atoms. The van der Waals surface area contributed by atoms with Gasteiger partial charge in [-0.1, -0.05) is 0 Å². The third-order valence-electron chi connectivity index (χ3n) is 3.53. The summed E-state index contributed by atoms with van der Waals surface area (Å²) in [5.41, 5.74) is 5.63. The molecule has 0 radical (unpaired) electrons. The Balaban J connectivity index is 2.53. The van der Waals surface area contributed by atoms with E-state index in [9.17, 15) is 9.59 Å². The quantitative estimate of drug-likeness (QED) is 0.792. The van der Waals surface area contributed by atoms with E-state index in [1.54, 1.807) is 13.8 Å². The van der Waals surface area contributed by atoms with Crippen LogP contribution in [-0.4, -0.2) is 53.8 Å². The van der Waals surface area contributed by atoms with E-state index in [1.165, 1.54) is 0 Å². The van der Waals surface area contributed by atoms with Gasteiger partial charge in [0.25, 0.3) is 0 Å². The van der Waals surface area contributed by atoms with Crippen LogP contribution >= 0.6 is 0 Å². The summed E-state index contributed by atoms with van der Waals surface area (Å²) < 4.78 is 0. The highest BCUT2D eigenvalue weighted by Crippen LogP contribution is 2.18. The second-order valence-electron chi connectivity index (χ2n) is 5.14. The number of nitrogens with two attached hydrogens (primary N) is 1. The lowest BCUT2D eigenvalue weighted by Crippen LogP contribution is -2.49. The molecule has 5 nitrogen and oxygen atoms in total. The van der Waals surface area contributed by atoms with E-state index in [-0.39, 0.29) is 11.8 Å². The van der Waals surface area contributed by atoms with Crippen LogP contribution in [0.4, 0.5) is 0 Å². The number of hydrogen-bond acceptors (Lipinski definition) is 3. The molecule has 0 aliphatic carbocycles. The molecular formula is C13H25N3O2. The summed E-state index contributed by atoms with van der Waals surface area (Å²) in [6.45, 7) is 8.29. The number of piperidine rings is 1. The van der Waals surface area contributed by atoms with Gasteiger partial charge in [0.05, 0.1) is 6.04 Å². The van der Waals surface area contributed by atoms with Crippen LogP contribution < -0.4 is 5.73 Å². The van der Waals surface area contributed by atoms with Crippen LogP contribution in [0.15, 0.2) is 0 Å². The summed E-state index contributed by atoms with van der Waals surface area (Å²) in [6.07, 6.45) is 2.07. The molecular weight excluding hydrogens is 230 g/mol. The molecule has 1 saturated heterocycles. The fraction of sp³-hybridized carbons (Fsp3) is 0.846. The van der Waals surface area contributed by atoms with Crippen LogP contribution in [0.1, 0.15) is 33.6 Å². The number of rotatable bonds is 4. The minimum Gasteiger partial charge on any atom is -0.343 e. The predicted molar refractivity (Wildman–Crippen MR) is 70.9 cm³/mol. The molecule has 1 heterocycles. The molecule has 2 N–H and O–H groups in total. The minimum absolute atomic E-state index is 0.0190. The molecule has 104 valence electrons. The smallest absolute Gasteiger partial charge is 0.239 e. The van der Waals surface area contributed by atoms with Crippen molar-refractivity contribution >= 4 is 11.8 Å². The lowest BCUT2D eigenvalue weighted by molar-refractivity contribution is -0.134. The molecule has 2 amide bonds. The van der Waals surface area contributed by atoms with Gasteiger partial charge < -0.3 is 15.5 Å². The van der Waals surface area contributed by atoms with Crippen LogP contribution in [-0.2, 0) is 9.59 Å². The van der Waals surface area contributed by atoms with E-state index < -0.39 is 6.04 Å². The molecule has 0 aromatic rings. The number of amides is 2. The molecule has 1 rings (SSSR count). The van der Waals surface area contributed by atoms with Gasteiger partial charge in [0, 0.05) is 33.1 Å². The summed E-state index contributed by atoms with van der Waals surface area (Å²) in [5.74, 6) is 0.504. The van der Waals surface area contributed by atoms with Gasteiger partial charge in [-0.25, -0.2) is 0 Å². The second kappa shape index (κ2) is 6.73. The fourth-order valence-electron chi connectivity index (χ4n) is 2.49. The van der Waals surface area contributed by atoms with Gasteiger partial charge in [0.2, 0.25) is 11.8 Å². The van der Waals surface area contributed by atoms with Crippen molar-refractivity contribution in [1.29, 1.82) is 0 Å². The summed E-state index contributed by atoms with van der Waals surface area (Å²) in [4.78, 5) is 26.9. The maximum atomic E-state index is 11.9. The largest absolute Gasteiger partial charge is 0.343 e. The molecule has 1 aliphatic heterocycles. The zero-order chi connectivity index (χ0) is 13.7. The number of hydrogen-bond donors (Lipinski definition) is 1. The Hall–Kier alpha value is -1.10. The third-order valence-corrected chi connectivity index (χ3v) is 3.53. The molecule has 18 heavy (non-hydrogen) atoms. The van der Waals surface area contributed by atoms with Crippen molar-refractivity contribution in [2.24, 2.45) is 11.7 Å². The molecule has 5 heteroatoms. The van der Waals surface area contributed by atoms with Gasteiger partial charge in [0.15, 0.2) is 0 Å². The van der Waals surface area contributed by atoms with Gasteiger partial charge in [-0.05, 0) is 32.6 Å². The zero-order valence-corrected chi connectivity index (χ0v) is 11.7. The highest BCUT2D eigenvalue weighted by Gasteiger charge is 2.26. The van der Waals surface area contributed by atoms with Crippen molar-refractivity contribution < 1.29 is 9.59 Å². The number of carbonyl (C=O) groups is 2. The lowest BCUT2D eigenvalue weighted by Gasteiger charge is -2.36. The van der Waals surface area contributed by atoms with Gasteiger partial charge in [-0.3, -0.25) is 9.59 Å². The van der Waals surface area contributed by atoms with E-state index >= 15 is 0 Å². The highest BCUT2D eigenvalue weighted by molar-refractivity contribution is 5.81. The minimum atomic E-state index is -0.432. The molecule has 0 aromatic carbocycles. The summed E-state index contributed by atoms with van der Waals surface area (Å²) in [5, 5.41) is 0. The Morgan fingerprint density at radius 3 is 2.67 bits per heavy atom. The predicted octanol–water partition coefficient (Wildman–Crippen LogP) is 0.441. The van der Waals surface area contributed by atoms with Gasteiger partial charge in [-0.2, -0.15) is 0 Å². The van der Waals surface area contributed by atoms with Gasteiger partial charge in [-0.15, -0.1) is 0 Å². The van der Waals surface area contributed by atoms with Crippen LogP contribution in [0.3, 0.4) is 0 Å². The summed E-state index contributed by atoms with van der Waals surface area (Å²) in [7, 11) is 0. The van der Waals surface area contributed by atoms with E-state index in [0.717, 1.165) is 39.0 Å². The molecule has 0 spiro atoms. The molecule has 1 fully saturated rings. The van der Waals surface area contributed by atoms with Crippen LogP contribution in [0, 0.1) is 5.92 Å². The summed E-state index contributed by atoms with van der Waals surface area (Å²) in [6, 6.07) is -0.432. The Kier molecular flexibility index (Phi) is 5.59. The zero-order valence-electron chi connectivity index (χ0n) is 11.7. The molecule has 0 aromatic heterocycles. The van der Waals surface area contributed by atoms with Crippen molar-refractivity contribution in [2.75, 3.05) is 26.2 Å². The Morgan fingerprint density at radius 1 is 1.50 bits per heavy atom. The van der Waals surface area contributed by atoms with E-state index in [2.05, 4.69) is 0 Å². The number of likely N-dealkylation sites (tertiary alicyclic amines) is 1. The first-order valence-corrected chi connectivity index (χ1v) is 6.75. The number of nitrogens with zero attached hydrogens (tertiary/aromatic N) is 2. The van der Waals surface area contributed by atoms with E-state index in [0.29, 0.717) is 5.92 Å². The molecule has 2 atom stereocenters. The molecule has 0 saturated carbocycles. The SMILES string of the molecule is CCN(C[C@@H]1CCCN(C(=O)[C@H](C)N)C1)C(C)=O. The first-order chi connectivity index (χ1) is 8.45.